The number of hydrogen-bond donors (Lipinski definition) is 1. The third-order valence-electron chi connectivity index (χ3n) is 5.62. The molecular weight excluding hydrogens is 390 g/mol. The largest absolute Gasteiger partial charge is 0.507 e. The maximum Gasteiger partial charge on any atom is 0.295 e. The van der Waals surface area contributed by atoms with Crippen LogP contribution in [0.15, 0.2) is 48.0 Å². The minimum Gasteiger partial charge on any atom is -0.507 e. The molecule has 0 bridgehead atoms. The molecule has 0 spiro atoms. The zero-order valence-electron chi connectivity index (χ0n) is 18.8. The van der Waals surface area contributed by atoms with Gasteiger partial charge in [-0.1, -0.05) is 45.0 Å². The number of aryl methyl sites for hydroxylation is 2. The first-order valence-corrected chi connectivity index (χ1v) is 11.0. The van der Waals surface area contributed by atoms with Crippen molar-refractivity contribution in [3.8, 4) is 5.75 Å². The summed E-state index contributed by atoms with van der Waals surface area (Å²) in [6, 6.07) is 12.6. The third-order valence-corrected chi connectivity index (χ3v) is 5.62. The molecule has 1 unspecified atom stereocenters. The number of hydrogen-bond acceptors (Lipinski definition) is 4. The molecular formula is C26H31NO4. The van der Waals surface area contributed by atoms with E-state index in [1.807, 2.05) is 45.0 Å². The fourth-order valence-electron chi connectivity index (χ4n) is 3.96. The first-order valence-electron chi connectivity index (χ1n) is 11.0. The second kappa shape index (κ2) is 9.82. The number of ether oxygens (including phenoxy) is 1. The Morgan fingerprint density at radius 3 is 2.32 bits per heavy atom. The van der Waals surface area contributed by atoms with Crippen LogP contribution >= 0.6 is 0 Å². The minimum atomic E-state index is -0.639. The molecule has 3 rings (SSSR count). The lowest BCUT2D eigenvalue weighted by molar-refractivity contribution is -0.139. The molecule has 1 N–H and O–H groups in total. The van der Waals surface area contributed by atoms with Crippen molar-refractivity contribution in [3.05, 3.63) is 70.3 Å². The summed E-state index contributed by atoms with van der Waals surface area (Å²) in [7, 11) is 0. The van der Waals surface area contributed by atoms with Crippen molar-refractivity contribution in [2.45, 2.75) is 53.0 Å². The summed E-state index contributed by atoms with van der Waals surface area (Å²) >= 11 is 0. The van der Waals surface area contributed by atoms with Gasteiger partial charge in [-0.25, -0.2) is 0 Å². The van der Waals surface area contributed by atoms with E-state index in [-0.39, 0.29) is 11.3 Å². The number of nitrogens with zero attached hydrogens (tertiary/aromatic N) is 1. The van der Waals surface area contributed by atoms with Crippen LogP contribution in [0.25, 0.3) is 5.76 Å². The average Bonchev–Trinajstić information content (AvgIpc) is 3.03. The van der Waals surface area contributed by atoms with Gasteiger partial charge in [0, 0.05) is 12.1 Å². The average molecular weight is 422 g/mol. The zero-order valence-corrected chi connectivity index (χ0v) is 18.8. The first-order chi connectivity index (χ1) is 14.9. The number of aliphatic hydroxyl groups excluding tert-OH is 1. The van der Waals surface area contributed by atoms with Gasteiger partial charge in [-0.3, -0.25) is 9.59 Å². The summed E-state index contributed by atoms with van der Waals surface area (Å²) < 4.78 is 5.72. The highest BCUT2D eigenvalue weighted by molar-refractivity contribution is 6.46. The fourth-order valence-corrected chi connectivity index (χ4v) is 3.96. The number of likely N-dealkylation sites (tertiary alicyclic amines) is 1. The van der Waals surface area contributed by atoms with Crippen LogP contribution in [0.1, 0.15) is 61.9 Å². The van der Waals surface area contributed by atoms with Gasteiger partial charge in [0.1, 0.15) is 11.5 Å². The van der Waals surface area contributed by atoms with Crippen LogP contribution in [0, 0.1) is 6.92 Å². The van der Waals surface area contributed by atoms with Crippen molar-refractivity contribution in [2.75, 3.05) is 13.2 Å². The predicted molar refractivity (Wildman–Crippen MR) is 122 cm³/mol. The van der Waals surface area contributed by atoms with E-state index in [9.17, 15) is 14.7 Å². The van der Waals surface area contributed by atoms with E-state index in [1.165, 1.54) is 5.56 Å². The number of benzene rings is 2. The van der Waals surface area contributed by atoms with E-state index in [2.05, 4.69) is 6.92 Å². The normalized spacial score (nSPS) is 17.9. The van der Waals surface area contributed by atoms with Gasteiger partial charge in [-0.2, -0.15) is 0 Å². The molecule has 1 aliphatic heterocycles. The minimum absolute atomic E-state index is 0.143. The summed E-state index contributed by atoms with van der Waals surface area (Å²) in [6.45, 7) is 9.05. The molecule has 2 aromatic carbocycles. The van der Waals surface area contributed by atoms with Crippen LogP contribution in [0.5, 0.6) is 5.75 Å². The van der Waals surface area contributed by atoms with Crippen LogP contribution in [0.3, 0.4) is 0 Å². The SMILES string of the molecule is CCCOc1ccc(/C(O)=C2/C(=O)C(=O)N(CCC)C2c2ccc(CC)cc2)cc1C. The predicted octanol–water partition coefficient (Wildman–Crippen LogP) is 5.18. The van der Waals surface area contributed by atoms with E-state index in [0.29, 0.717) is 18.7 Å². The molecule has 0 aliphatic carbocycles. The highest BCUT2D eigenvalue weighted by atomic mass is 16.5. The number of amides is 1. The molecule has 0 saturated carbocycles. The molecule has 1 saturated heterocycles. The van der Waals surface area contributed by atoms with Gasteiger partial charge in [0.25, 0.3) is 11.7 Å². The van der Waals surface area contributed by atoms with E-state index in [0.717, 1.165) is 36.1 Å². The Balaban J connectivity index is 2.09. The smallest absolute Gasteiger partial charge is 0.295 e. The summed E-state index contributed by atoms with van der Waals surface area (Å²) in [4.78, 5) is 27.3. The number of ketones is 1. The second-order valence-electron chi connectivity index (χ2n) is 7.92. The molecule has 1 aliphatic rings. The quantitative estimate of drug-likeness (QED) is 0.362. The molecule has 5 nitrogen and oxygen atoms in total. The Kier molecular flexibility index (Phi) is 7.16. The van der Waals surface area contributed by atoms with Gasteiger partial charge >= 0.3 is 0 Å². The van der Waals surface area contributed by atoms with Crippen LogP contribution in [0.2, 0.25) is 0 Å². The molecule has 0 radical (unpaired) electrons. The Bertz CT molecular complexity index is 991. The van der Waals surface area contributed by atoms with E-state index >= 15 is 0 Å². The highest BCUT2D eigenvalue weighted by Gasteiger charge is 2.45. The van der Waals surface area contributed by atoms with Gasteiger partial charge in [0.2, 0.25) is 0 Å². The zero-order chi connectivity index (χ0) is 22.5. The Hall–Kier alpha value is -3.08. The van der Waals surface area contributed by atoms with Crippen LogP contribution in [-0.2, 0) is 16.0 Å². The number of rotatable bonds is 8. The van der Waals surface area contributed by atoms with Crippen LogP contribution < -0.4 is 4.74 Å². The lowest BCUT2D eigenvalue weighted by Gasteiger charge is -2.25. The van der Waals surface area contributed by atoms with E-state index in [4.69, 9.17) is 4.74 Å². The second-order valence-corrected chi connectivity index (χ2v) is 7.92. The highest BCUT2D eigenvalue weighted by Crippen LogP contribution is 2.40. The van der Waals surface area contributed by atoms with Gasteiger partial charge in [0.05, 0.1) is 18.2 Å². The Labute approximate surface area is 184 Å². The lowest BCUT2D eigenvalue weighted by Crippen LogP contribution is -2.30. The van der Waals surface area contributed by atoms with Gasteiger partial charge < -0.3 is 14.7 Å². The summed E-state index contributed by atoms with van der Waals surface area (Å²) in [6.07, 6.45) is 2.53. The number of carbonyl (C=O) groups excluding carboxylic acids is 2. The maximum atomic E-state index is 13.0. The van der Waals surface area contributed by atoms with Crippen molar-refractivity contribution in [1.29, 1.82) is 0 Å². The molecule has 1 heterocycles. The van der Waals surface area contributed by atoms with Crippen LogP contribution in [0.4, 0.5) is 0 Å². The number of aliphatic hydroxyl groups is 1. The van der Waals surface area contributed by atoms with E-state index < -0.39 is 17.7 Å². The summed E-state index contributed by atoms with van der Waals surface area (Å²) in [5.74, 6) is -0.602. The molecule has 1 amide bonds. The van der Waals surface area contributed by atoms with Crippen molar-refractivity contribution in [1.82, 2.24) is 4.90 Å². The molecule has 5 heteroatoms. The van der Waals surface area contributed by atoms with Crippen molar-refractivity contribution < 1.29 is 19.4 Å². The molecule has 164 valence electrons. The first kappa shape index (κ1) is 22.6. The van der Waals surface area contributed by atoms with Crippen LogP contribution in [-0.4, -0.2) is 34.8 Å². The third kappa shape index (κ3) is 4.50. The van der Waals surface area contributed by atoms with Gasteiger partial charge in [0.15, 0.2) is 0 Å². The lowest BCUT2D eigenvalue weighted by atomic mass is 9.94. The number of Topliss-reactive ketones (excluding diaryl/α,β-unsaturated/α-hetero) is 1. The number of carbonyl (C=O) groups is 2. The summed E-state index contributed by atoms with van der Waals surface area (Å²) in [5, 5.41) is 11.2. The Morgan fingerprint density at radius 1 is 1.03 bits per heavy atom. The standard InChI is InChI=1S/C26H31NO4/c1-5-14-27-23(19-10-8-18(7-3)9-11-19)22(25(29)26(27)30)24(28)20-12-13-21(17(4)16-20)31-15-6-2/h8-13,16,23,28H,5-7,14-15H2,1-4H3/b24-22-. The van der Waals surface area contributed by atoms with Crippen molar-refractivity contribution in [2.24, 2.45) is 0 Å². The molecule has 0 aromatic heterocycles. The molecule has 1 atom stereocenters. The Morgan fingerprint density at radius 2 is 1.74 bits per heavy atom. The van der Waals surface area contributed by atoms with Gasteiger partial charge in [-0.05, 0) is 61.1 Å². The monoisotopic (exact) mass is 421 g/mol. The fraction of sp³-hybridized carbons (Fsp3) is 0.385. The van der Waals surface area contributed by atoms with Gasteiger partial charge in [-0.15, -0.1) is 0 Å². The van der Waals surface area contributed by atoms with Crippen molar-refractivity contribution in [3.63, 3.8) is 0 Å². The molecule has 2 aromatic rings. The molecule has 31 heavy (non-hydrogen) atoms. The molecule has 1 fully saturated rings. The topological polar surface area (TPSA) is 66.8 Å². The van der Waals surface area contributed by atoms with Crippen molar-refractivity contribution >= 4 is 17.4 Å². The summed E-state index contributed by atoms with van der Waals surface area (Å²) in [5.41, 5.74) is 3.51. The maximum absolute atomic E-state index is 13.0. The van der Waals surface area contributed by atoms with E-state index in [1.54, 1.807) is 23.1 Å².